The molecule has 0 unspecified atom stereocenters. The number of aliphatic hydroxyl groups is 1. The number of nitrogens with zero attached hydrogens (tertiary/aromatic N) is 2. The van der Waals surface area contributed by atoms with Gasteiger partial charge in [-0.3, -0.25) is 14.5 Å². The highest BCUT2D eigenvalue weighted by Gasteiger charge is 2.31. The van der Waals surface area contributed by atoms with Crippen LogP contribution >= 0.6 is 0 Å². The van der Waals surface area contributed by atoms with Gasteiger partial charge in [-0.05, 0) is 67.3 Å². The minimum absolute atomic E-state index is 0.0448. The van der Waals surface area contributed by atoms with E-state index < -0.39 is 21.8 Å². The Hall–Kier alpha value is -3.84. The van der Waals surface area contributed by atoms with E-state index >= 15 is 0 Å². The first kappa shape index (κ1) is 30.2. The maximum atomic E-state index is 13.7. The van der Waals surface area contributed by atoms with Crippen LogP contribution in [0.5, 0.6) is 0 Å². The summed E-state index contributed by atoms with van der Waals surface area (Å²) >= 11 is 0. The van der Waals surface area contributed by atoms with E-state index in [1.807, 2.05) is 6.92 Å². The highest BCUT2D eigenvalue weighted by molar-refractivity contribution is 7.90. The molecular formula is C32H35FN4O6S. The van der Waals surface area contributed by atoms with E-state index in [0.717, 1.165) is 25.2 Å². The molecule has 3 aliphatic rings. The Kier molecular flexibility index (Phi) is 8.42. The van der Waals surface area contributed by atoms with Crippen LogP contribution in [0.4, 0.5) is 10.1 Å². The van der Waals surface area contributed by atoms with E-state index in [0.29, 0.717) is 66.4 Å². The van der Waals surface area contributed by atoms with Crippen molar-refractivity contribution >= 4 is 39.0 Å². The lowest BCUT2D eigenvalue weighted by atomic mass is 10.0. The van der Waals surface area contributed by atoms with Crippen molar-refractivity contribution in [2.45, 2.75) is 36.5 Å². The van der Waals surface area contributed by atoms with Crippen LogP contribution < -0.4 is 5.32 Å². The first-order valence-electron chi connectivity index (χ1n) is 14.7. The molecule has 2 aromatic carbocycles. The molecule has 3 aliphatic heterocycles. The SMILES string of the molecule is Cc1c(C=C2C(=O)Nc3ccc(S(=O)(=O)Cc4ccc(F)cc4)cc32)[nH]c2c1C(=O)N(C[C@H](O)CN1CCOCC1)CCC2. The predicted octanol–water partition coefficient (Wildman–Crippen LogP) is 3.01. The summed E-state index contributed by atoms with van der Waals surface area (Å²) in [7, 11) is -3.79. The van der Waals surface area contributed by atoms with Crippen LogP contribution in [0.15, 0.2) is 47.4 Å². The van der Waals surface area contributed by atoms with Gasteiger partial charge in [0.2, 0.25) is 0 Å². The fourth-order valence-corrected chi connectivity index (χ4v) is 7.48. The van der Waals surface area contributed by atoms with Crippen molar-refractivity contribution < 1.29 is 32.2 Å². The van der Waals surface area contributed by atoms with E-state index in [1.54, 1.807) is 17.0 Å². The second-order valence-electron chi connectivity index (χ2n) is 11.5. The van der Waals surface area contributed by atoms with Gasteiger partial charge < -0.3 is 25.0 Å². The Labute approximate surface area is 255 Å². The minimum Gasteiger partial charge on any atom is -0.390 e. The lowest BCUT2D eigenvalue weighted by Crippen LogP contribution is -2.46. The highest BCUT2D eigenvalue weighted by Crippen LogP contribution is 2.36. The zero-order valence-corrected chi connectivity index (χ0v) is 25.3. The number of aryl methyl sites for hydroxylation is 1. The highest BCUT2D eigenvalue weighted by atomic mass is 32.2. The van der Waals surface area contributed by atoms with Crippen molar-refractivity contribution in [3.05, 3.63) is 81.9 Å². The number of H-pyrrole nitrogens is 1. The molecule has 2 amide bonds. The number of anilines is 1. The van der Waals surface area contributed by atoms with Crippen LogP contribution in [-0.2, 0) is 31.5 Å². The summed E-state index contributed by atoms with van der Waals surface area (Å²) in [6.07, 6.45) is 2.33. The number of halogens is 1. The molecule has 1 fully saturated rings. The number of aliphatic hydroxyl groups excluding tert-OH is 1. The zero-order valence-electron chi connectivity index (χ0n) is 24.4. The molecule has 0 aliphatic carbocycles. The van der Waals surface area contributed by atoms with E-state index in [-0.39, 0.29) is 34.6 Å². The van der Waals surface area contributed by atoms with E-state index in [9.17, 15) is 27.5 Å². The summed E-state index contributed by atoms with van der Waals surface area (Å²) in [5, 5.41) is 13.6. The molecule has 0 radical (unpaired) electrons. The number of carbonyl (C=O) groups is 2. The molecule has 6 rings (SSSR count). The molecule has 1 saturated heterocycles. The first-order chi connectivity index (χ1) is 21.1. The number of sulfone groups is 1. The molecule has 1 atom stereocenters. The van der Waals surface area contributed by atoms with Gasteiger partial charge >= 0.3 is 0 Å². The Balaban J connectivity index is 1.25. The average molecular weight is 623 g/mol. The van der Waals surface area contributed by atoms with Gasteiger partial charge in [-0.2, -0.15) is 0 Å². The number of β-amino-alcohol motifs (C(OH)–C–C–N with tert-alkyl or cyclic N) is 1. The van der Waals surface area contributed by atoms with Gasteiger partial charge in [0.15, 0.2) is 9.84 Å². The molecule has 0 saturated carbocycles. The Morgan fingerprint density at radius 1 is 1.07 bits per heavy atom. The molecule has 3 aromatic rings. The number of fused-ring (bicyclic) bond motifs is 2. The summed E-state index contributed by atoms with van der Waals surface area (Å²) in [4.78, 5) is 33.9. The molecule has 44 heavy (non-hydrogen) atoms. The number of benzene rings is 2. The molecule has 232 valence electrons. The van der Waals surface area contributed by atoms with Gasteiger partial charge in [0.25, 0.3) is 11.8 Å². The maximum absolute atomic E-state index is 13.7. The van der Waals surface area contributed by atoms with Crippen molar-refractivity contribution in [1.82, 2.24) is 14.8 Å². The largest absolute Gasteiger partial charge is 0.390 e. The zero-order chi connectivity index (χ0) is 31.0. The predicted molar refractivity (Wildman–Crippen MR) is 163 cm³/mol. The van der Waals surface area contributed by atoms with Gasteiger partial charge in [-0.15, -0.1) is 0 Å². The van der Waals surface area contributed by atoms with Crippen LogP contribution in [-0.4, -0.2) is 92.2 Å². The number of morpholine rings is 1. The summed E-state index contributed by atoms with van der Waals surface area (Å²) in [5.41, 5.74) is 4.27. The minimum atomic E-state index is -3.79. The van der Waals surface area contributed by atoms with Crippen LogP contribution in [0.25, 0.3) is 11.6 Å². The normalized spacial score (nSPS) is 19.1. The maximum Gasteiger partial charge on any atom is 0.256 e. The number of nitrogens with one attached hydrogen (secondary N) is 2. The van der Waals surface area contributed by atoms with Gasteiger partial charge in [0.05, 0.1) is 41.1 Å². The quantitative estimate of drug-likeness (QED) is 0.329. The van der Waals surface area contributed by atoms with Crippen molar-refractivity contribution in [3.63, 3.8) is 0 Å². The Morgan fingerprint density at radius 3 is 2.57 bits per heavy atom. The number of rotatable bonds is 8. The molecule has 0 spiro atoms. The van der Waals surface area contributed by atoms with Gasteiger partial charge in [-0.1, -0.05) is 12.1 Å². The number of hydrogen-bond acceptors (Lipinski definition) is 7. The average Bonchev–Trinajstić information content (AvgIpc) is 3.42. The number of carbonyl (C=O) groups excluding carboxylic acids is 2. The smallest absolute Gasteiger partial charge is 0.256 e. The lowest BCUT2D eigenvalue weighted by molar-refractivity contribution is -0.110. The summed E-state index contributed by atoms with van der Waals surface area (Å²) in [6.45, 7) is 5.82. The fourth-order valence-electron chi connectivity index (χ4n) is 6.11. The van der Waals surface area contributed by atoms with Crippen LogP contribution in [0.3, 0.4) is 0 Å². The second-order valence-corrected chi connectivity index (χ2v) is 13.5. The van der Waals surface area contributed by atoms with Gasteiger partial charge in [-0.25, -0.2) is 12.8 Å². The topological polar surface area (TPSA) is 132 Å². The Morgan fingerprint density at radius 2 is 1.82 bits per heavy atom. The molecule has 0 bridgehead atoms. The summed E-state index contributed by atoms with van der Waals surface area (Å²) in [5.74, 6) is -1.30. The lowest BCUT2D eigenvalue weighted by Gasteiger charge is -2.31. The van der Waals surface area contributed by atoms with Crippen molar-refractivity contribution in [2.75, 3.05) is 51.3 Å². The second kappa shape index (κ2) is 12.3. The Bertz CT molecular complexity index is 1730. The third kappa shape index (κ3) is 6.20. The van der Waals surface area contributed by atoms with Crippen molar-refractivity contribution in [3.8, 4) is 0 Å². The van der Waals surface area contributed by atoms with Gasteiger partial charge in [0, 0.05) is 55.4 Å². The van der Waals surface area contributed by atoms with E-state index in [2.05, 4.69) is 15.2 Å². The van der Waals surface area contributed by atoms with Crippen LogP contribution in [0, 0.1) is 12.7 Å². The standard InChI is InChI=1S/C32H35FN4O6S/c1-20-29(34-28-3-2-10-37(32(40)30(20)28)18-23(38)17-36-11-13-43-14-12-36)16-26-25-15-24(8-9-27(25)35-31(26)39)44(41,42)19-21-4-6-22(33)7-5-21/h4-9,15-16,23,34,38H,2-3,10-14,17-19H2,1H3,(H,35,39)/t23-/m1/s1. The molecule has 4 heterocycles. The number of aromatic nitrogens is 1. The van der Waals surface area contributed by atoms with Crippen LogP contribution in [0.2, 0.25) is 0 Å². The van der Waals surface area contributed by atoms with Crippen LogP contribution in [0.1, 0.15) is 44.9 Å². The number of aromatic amines is 1. The first-order valence-corrected chi connectivity index (χ1v) is 16.4. The third-order valence-corrected chi connectivity index (χ3v) is 10.1. The molecule has 3 N–H and O–H groups in total. The van der Waals surface area contributed by atoms with Crippen molar-refractivity contribution in [1.29, 1.82) is 0 Å². The van der Waals surface area contributed by atoms with Gasteiger partial charge in [0.1, 0.15) is 5.82 Å². The third-order valence-electron chi connectivity index (χ3n) is 8.42. The molecule has 10 nitrogen and oxygen atoms in total. The van der Waals surface area contributed by atoms with E-state index in [4.69, 9.17) is 4.74 Å². The van der Waals surface area contributed by atoms with Crippen molar-refractivity contribution in [2.24, 2.45) is 0 Å². The number of ether oxygens (including phenoxy) is 1. The summed E-state index contributed by atoms with van der Waals surface area (Å²) < 4.78 is 45.1. The molecule has 12 heteroatoms. The molecular weight excluding hydrogens is 587 g/mol. The van der Waals surface area contributed by atoms with E-state index in [1.165, 1.54) is 36.4 Å². The number of hydrogen-bond donors (Lipinski definition) is 3. The fraction of sp³-hybridized carbons (Fsp3) is 0.375. The monoisotopic (exact) mass is 622 g/mol. The number of amides is 2. The molecule has 1 aromatic heterocycles. The summed E-state index contributed by atoms with van der Waals surface area (Å²) in [6, 6.07) is 9.78.